The second-order valence-electron chi connectivity index (χ2n) is 3.61. The van der Waals surface area contributed by atoms with Gasteiger partial charge in [0, 0.05) is 6.42 Å². The molecule has 0 fully saturated rings. The van der Waals surface area contributed by atoms with Crippen LogP contribution >= 0.6 is 0 Å². The van der Waals surface area contributed by atoms with Gasteiger partial charge in [0.25, 0.3) is 0 Å². The summed E-state index contributed by atoms with van der Waals surface area (Å²) in [5, 5.41) is 4.16. The van der Waals surface area contributed by atoms with Gasteiger partial charge < -0.3 is 4.42 Å². The van der Waals surface area contributed by atoms with E-state index in [1.165, 1.54) is 4.68 Å². The molecule has 84 valence electrons. The summed E-state index contributed by atoms with van der Waals surface area (Å²) >= 11 is 0. The van der Waals surface area contributed by atoms with Crippen molar-refractivity contribution in [1.29, 1.82) is 0 Å². The Kier molecular flexibility index (Phi) is 3.19. The highest BCUT2D eigenvalue weighted by atomic mass is 16.4. The highest BCUT2D eigenvalue weighted by Gasteiger charge is 2.08. The van der Waals surface area contributed by atoms with Crippen molar-refractivity contribution in [2.75, 3.05) is 0 Å². The molecule has 16 heavy (non-hydrogen) atoms. The van der Waals surface area contributed by atoms with Crippen molar-refractivity contribution < 1.29 is 4.42 Å². The Labute approximate surface area is 93.5 Å². The SMILES string of the molecule is CCCCc1nn(-c2ccccc2)c(=O)o1. The molecule has 0 bridgehead atoms. The van der Waals surface area contributed by atoms with Crippen molar-refractivity contribution in [2.24, 2.45) is 0 Å². The third-order valence-electron chi connectivity index (χ3n) is 2.33. The quantitative estimate of drug-likeness (QED) is 0.790. The van der Waals surface area contributed by atoms with Crippen molar-refractivity contribution in [3.05, 3.63) is 46.8 Å². The molecule has 0 amide bonds. The first-order valence-corrected chi connectivity index (χ1v) is 5.45. The van der Waals surface area contributed by atoms with Crippen molar-refractivity contribution in [3.8, 4) is 5.69 Å². The summed E-state index contributed by atoms with van der Waals surface area (Å²) in [6.45, 7) is 2.09. The number of rotatable bonds is 4. The van der Waals surface area contributed by atoms with Crippen LogP contribution in [-0.2, 0) is 6.42 Å². The number of hydrogen-bond donors (Lipinski definition) is 0. The molecular weight excluding hydrogens is 204 g/mol. The van der Waals surface area contributed by atoms with Gasteiger partial charge in [0.15, 0.2) is 0 Å². The van der Waals surface area contributed by atoms with Gasteiger partial charge in [-0.15, -0.1) is 5.10 Å². The van der Waals surface area contributed by atoms with Crippen LogP contribution in [0.1, 0.15) is 25.7 Å². The first-order chi connectivity index (χ1) is 7.81. The zero-order valence-electron chi connectivity index (χ0n) is 9.22. The van der Waals surface area contributed by atoms with Crippen LogP contribution < -0.4 is 5.76 Å². The van der Waals surface area contributed by atoms with Gasteiger partial charge in [-0.1, -0.05) is 31.5 Å². The Hall–Kier alpha value is -1.84. The van der Waals surface area contributed by atoms with Crippen LogP contribution in [0.3, 0.4) is 0 Å². The monoisotopic (exact) mass is 218 g/mol. The molecule has 0 saturated heterocycles. The molecule has 4 nitrogen and oxygen atoms in total. The molecule has 1 aromatic carbocycles. The Morgan fingerprint density at radius 1 is 1.31 bits per heavy atom. The van der Waals surface area contributed by atoms with Gasteiger partial charge in [-0.3, -0.25) is 0 Å². The van der Waals surface area contributed by atoms with E-state index in [1.54, 1.807) is 0 Å². The molecule has 0 aliphatic heterocycles. The number of nitrogens with zero attached hydrogens (tertiary/aromatic N) is 2. The molecule has 2 aromatic rings. The summed E-state index contributed by atoms with van der Waals surface area (Å²) < 4.78 is 6.36. The molecule has 0 atom stereocenters. The summed E-state index contributed by atoms with van der Waals surface area (Å²) in [5.74, 6) is 0.0907. The zero-order valence-corrected chi connectivity index (χ0v) is 9.22. The van der Waals surface area contributed by atoms with Crippen LogP contribution in [0.25, 0.3) is 5.69 Å². The predicted molar refractivity (Wildman–Crippen MR) is 60.7 cm³/mol. The van der Waals surface area contributed by atoms with E-state index in [2.05, 4.69) is 12.0 Å². The van der Waals surface area contributed by atoms with Crippen LogP contribution in [0.2, 0.25) is 0 Å². The zero-order chi connectivity index (χ0) is 11.4. The van der Waals surface area contributed by atoms with E-state index in [4.69, 9.17) is 4.42 Å². The Morgan fingerprint density at radius 2 is 2.06 bits per heavy atom. The molecule has 2 rings (SSSR count). The van der Waals surface area contributed by atoms with Crippen LogP contribution in [0.15, 0.2) is 39.5 Å². The van der Waals surface area contributed by atoms with Gasteiger partial charge in [-0.05, 0) is 18.6 Å². The van der Waals surface area contributed by atoms with Gasteiger partial charge in [-0.2, -0.15) is 4.68 Å². The largest absolute Gasteiger partial charge is 0.441 e. The average molecular weight is 218 g/mol. The van der Waals surface area contributed by atoms with Gasteiger partial charge in [0.1, 0.15) is 0 Å². The smallest absolute Gasteiger partial charge is 0.392 e. The lowest BCUT2D eigenvalue weighted by atomic mass is 10.2. The lowest BCUT2D eigenvalue weighted by Gasteiger charge is -1.95. The molecule has 0 unspecified atom stereocenters. The molecule has 0 aliphatic carbocycles. The fourth-order valence-electron chi connectivity index (χ4n) is 1.48. The van der Waals surface area contributed by atoms with Gasteiger partial charge in [0.2, 0.25) is 5.89 Å². The van der Waals surface area contributed by atoms with Gasteiger partial charge in [0.05, 0.1) is 5.69 Å². The normalized spacial score (nSPS) is 10.6. The van der Waals surface area contributed by atoms with E-state index in [9.17, 15) is 4.79 Å². The van der Waals surface area contributed by atoms with Crippen LogP contribution in [0, 0.1) is 0 Å². The van der Waals surface area contributed by atoms with Crippen LogP contribution in [-0.4, -0.2) is 9.78 Å². The molecule has 0 radical (unpaired) electrons. The molecule has 4 heteroatoms. The molecular formula is C12H14N2O2. The van der Waals surface area contributed by atoms with Crippen LogP contribution in [0.4, 0.5) is 0 Å². The second-order valence-corrected chi connectivity index (χ2v) is 3.61. The number of benzene rings is 1. The Morgan fingerprint density at radius 3 is 2.75 bits per heavy atom. The van der Waals surface area contributed by atoms with Crippen LogP contribution in [0.5, 0.6) is 0 Å². The second kappa shape index (κ2) is 4.79. The summed E-state index contributed by atoms with van der Waals surface area (Å²) in [7, 11) is 0. The molecule has 0 saturated carbocycles. The topological polar surface area (TPSA) is 48.0 Å². The van der Waals surface area contributed by atoms with E-state index in [0.717, 1.165) is 18.5 Å². The molecule has 0 aliphatic rings. The number of aryl methyl sites for hydroxylation is 1. The van der Waals surface area contributed by atoms with E-state index < -0.39 is 5.76 Å². The standard InChI is InChI=1S/C12H14N2O2/c1-2-3-9-11-13-14(12(15)16-11)10-7-5-4-6-8-10/h4-8H,2-3,9H2,1H3. The maximum absolute atomic E-state index is 11.5. The van der Waals surface area contributed by atoms with Crippen molar-refractivity contribution in [1.82, 2.24) is 9.78 Å². The summed E-state index contributed by atoms with van der Waals surface area (Å²) in [5.41, 5.74) is 0.735. The highest BCUT2D eigenvalue weighted by Crippen LogP contribution is 2.05. The number of aromatic nitrogens is 2. The molecule has 1 heterocycles. The Bertz CT molecular complexity index is 499. The molecule has 1 aromatic heterocycles. The fraction of sp³-hybridized carbons (Fsp3) is 0.333. The third-order valence-corrected chi connectivity index (χ3v) is 2.33. The van der Waals surface area contributed by atoms with Gasteiger partial charge >= 0.3 is 5.76 Å². The number of para-hydroxylation sites is 1. The summed E-state index contributed by atoms with van der Waals surface area (Å²) in [6.07, 6.45) is 2.75. The van der Waals surface area contributed by atoms with Crippen molar-refractivity contribution in [3.63, 3.8) is 0 Å². The minimum Gasteiger partial charge on any atom is -0.392 e. The minimum atomic E-state index is -0.419. The fourth-order valence-corrected chi connectivity index (χ4v) is 1.48. The molecule has 0 N–H and O–H groups in total. The average Bonchev–Trinajstić information content (AvgIpc) is 2.69. The maximum atomic E-state index is 11.5. The maximum Gasteiger partial charge on any atom is 0.441 e. The summed E-state index contributed by atoms with van der Waals surface area (Å²) in [4.78, 5) is 11.5. The third kappa shape index (κ3) is 2.21. The first kappa shape index (κ1) is 10.7. The van der Waals surface area contributed by atoms with E-state index in [1.807, 2.05) is 30.3 Å². The van der Waals surface area contributed by atoms with Crippen molar-refractivity contribution in [2.45, 2.75) is 26.2 Å². The molecule has 0 spiro atoms. The minimum absolute atomic E-state index is 0.419. The first-order valence-electron chi connectivity index (χ1n) is 5.45. The lowest BCUT2D eigenvalue weighted by Crippen LogP contribution is -2.12. The predicted octanol–water partition coefficient (Wildman–Crippen LogP) is 2.17. The summed E-state index contributed by atoms with van der Waals surface area (Å²) in [6, 6.07) is 9.28. The van der Waals surface area contributed by atoms with E-state index in [0.29, 0.717) is 12.3 Å². The van der Waals surface area contributed by atoms with Gasteiger partial charge in [-0.25, -0.2) is 4.79 Å². The lowest BCUT2D eigenvalue weighted by molar-refractivity contribution is 0.452. The number of hydrogen-bond acceptors (Lipinski definition) is 3. The van der Waals surface area contributed by atoms with E-state index in [-0.39, 0.29) is 0 Å². The van der Waals surface area contributed by atoms with E-state index >= 15 is 0 Å². The Balaban J connectivity index is 2.29. The highest BCUT2D eigenvalue weighted by molar-refractivity contribution is 5.28. The van der Waals surface area contributed by atoms with Crippen molar-refractivity contribution >= 4 is 0 Å². The number of unbranched alkanes of at least 4 members (excludes halogenated alkanes) is 1.